The summed E-state index contributed by atoms with van der Waals surface area (Å²) < 4.78 is 0. The van der Waals surface area contributed by atoms with Crippen LogP contribution in [-0.4, -0.2) is 34.4 Å². The van der Waals surface area contributed by atoms with E-state index in [0.29, 0.717) is 12.1 Å². The van der Waals surface area contributed by atoms with Crippen molar-refractivity contribution < 1.29 is 15.3 Å². The Balaban J connectivity index is 2.20. The molecule has 0 amide bonds. The molecule has 20 heavy (non-hydrogen) atoms. The Kier molecular flexibility index (Phi) is 3.84. The molecule has 0 bridgehead atoms. The molecule has 0 fully saturated rings. The number of rotatable bonds is 4. The second-order valence-electron chi connectivity index (χ2n) is 4.56. The molecule has 0 aliphatic rings. The van der Waals surface area contributed by atoms with Gasteiger partial charge in [-0.3, -0.25) is 0 Å². The van der Waals surface area contributed by atoms with E-state index in [4.69, 9.17) is 0 Å². The van der Waals surface area contributed by atoms with Crippen LogP contribution in [0.15, 0.2) is 30.5 Å². The maximum absolute atomic E-state index is 9.76. The molecular formula is C14H17N3O3. The van der Waals surface area contributed by atoms with Crippen LogP contribution in [0.25, 0.3) is 0 Å². The van der Waals surface area contributed by atoms with Gasteiger partial charge in [-0.25, -0.2) is 4.98 Å². The highest BCUT2D eigenvalue weighted by molar-refractivity contribution is 5.65. The zero-order chi connectivity index (χ0) is 14.7. The fraction of sp³-hybridized carbons (Fsp3) is 0.214. The summed E-state index contributed by atoms with van der Waals surface area (Å²) in [6, 6.07) is 6.56. The molecule has 0 saturated carbocycles. The monoisotopic (exact) mass is 275 g/mol. The van der Waals surface area contributed by atoms with E-state index in [1.807, 2.05) is 31.1 Å². The van der Waals surface area contributed by atoms with Crippen molar-refractivity contribution in [2.75, 3.05) is 24.3 Å². The van der Waals surface area contributed by atoms with Crippen molar-refractivity contribution in [1.29, 1.82) is 0 Å². The van der Waals surface area contributed by atoms with Crippen LogP contribution in [0.5, 0.6) is 17.2 Å². The lowest BCUT2D eigenvalue weighted by atomic mass is 10.1. The maximum atomic E-state index is 9.76. The van der Waals surface area contributed by atoms with Gasteiger partial charge in [-0.2, -0.15) is 0 Å². The molecule has 6 heteroatoms. The van der Waals surface area contributed by atoms with Crippen LogP contribution in [0.4, 0.5) is 11.5 Å². The standard InChI is InChI=1S/C14H17N3O3/c1-17(2)14-10(4-3-7-15-14)16-8-9-5-6-11(18)13(20)12(9)19/h3-7,16,18-20H,8H2,1-2H3. The number of benzene rings is 1. The van der Waals surface area contributed by atoms with Crippen molar-refractivity contribution >= 4 is 11.5 Å². The Labute approximate surface area is 116 Å². The van der Waals surface area contributed by atoms with Crippen LogP contribution in [0.3, 0.4) is 0 Å². The molecule has 6 nitrogen and oxygen atoms in total. The maximum Gasteiger partial charge on any atom is 0.200 e. The summed E-state index contributed by atoms with van der Waals surface area (Å²) in [5.74, 6) is -0.410. The van der Waals surface area contributed by atoms with E-state index in [0.717, 1.165) is 11.5 Å². The van der Waals surface area contributed by atoms with Gasteiger partial charge in [-0.15, -0.1) is 0 Å². The molecule has 2 aromatic rings. The first-order valence-corrected chi connectivity index (χ1v) is 6.09. The van der Waals surface area contributed by atoms with Crippen LogP contribution < -0.4 is 10.2 Å². The highest BCUT2D eigenvalue weighted by atomic mass is 16.3. The zero-order valence-corrected chi connectivity index (χ0v) is 11.3. The van der Waals surface area contributed by atoms with Crippen LogP contribution in [0, 0.1) is 0 Å². The van der Waals surface area contributed by atoms with Crippen LogP contribution >= 0.6 is 0 Å². The molecule has 4 N–H and O–H groups in total. The van der Waals surface area contributed by atoms with E-state index in [1.165, 1.54) is 6.07 Å². The van der Waals surface area contributed by atoms with Crippen molar-refractivity contribution in [3.05, 3.63) is 36.0 Å². The van der Waals surface area contributed by atoms with Crippen molar-refractivity contribution in [2.24, 2.45) is 0 Å². The number of anilines is 2. The third-order valence-corrected chi connectivity index (χ3v) is 2.89. The van der Waals surface area contributed by atoms with Crippen molar-refractivity contribution in [3.63, 3.8) is 0 Å². The first-order chi connectivity index (χ1) is 9.50. The highest BCUT2D eigenvalue weighted by Crippen LogP contribution is 2.37. The highest BCUT2D eigenvalue weighted by Gasteiger charge is 2.11. The van der Waals surface area contributed by atoms with Gasteiger partial charge >= 0.3 is 0 Å². The molecule has 1 aromatic carbocycles. The van der Waals surface area contributed by atoms with Gasteiger partial charge in [0.25, 0.3) is 0 Å². The quantitative estimate of drug-likeness (QED) is 0.637. The van der Waals surface area contributed by atoms with E-state index >= 15 is 0 Å². The molecule has 0 aliphatic heterocycles. The smallest absolute Gasteiger partial charge is 0.200 e. The Morgan fingerprint density at radius 3 is 2.55 bits per heavy atom. The number of nitrogens with one attached hydrogen (secondary N) is 1. The van der Waals surface area contributed by atoms with E-state index in [9.17, 15) is 15.3 Å². The molecule has 106 valence electrons. The van der Waals surface area contributed by atoms with Gasteiger partial charge in [-0.05, 0) is 24.3 Å². The SMILES string of the molecule is CN(C)c1ncccc1NCc1ccc(O)c(O)c1O. The van der Waals surface area contributed by atoms with Gasteiger partial charge in [0, 0.05) is 32.4 Å². The van der Waals surface area contributed by atoms with E-state index in [1.54, 1.807) is 12.3 Å². The summed E-state index contributed by atoms with van der Waals surface area (Å²) in [6.07, 6.45) is 1.70. The fourth-order valence-electron chi connectivity index (χ4n) is 1.84. The summed E-state index contributed by atoms with van der Waals surface area (Å²) in [4.78, 5) is 6.13. The number of phenols is 3. The van der Waals surface area contributed by atoms with Gasteiger partial charge in [0.2, 0.25) is 5.75 Å². The number of aromatic hydroxyl groups is 3. The number of phenolic OH excluding ortho intramolecular Hbond substituents is 3. The Bertz CT molecular complexity index is 615. The first-order valence-electron chi connectivity index (χ1n) is 6.09. The topological polar surface area (TPSA) is 88.9 Å². The molecule has 1 aromatic heterocycles. The van der Waals surface area contributed by atoms with Gasteiger partial charge < -0.3 is 25.5 Å². The fourth-order valence-corrected chi connectivity index (χ4v) is 1.84. The van der Waals surface area contributed by atoms with Crippen molar-refractivity contribution in [2.45, 2.75) is 6.54 Å². The Morgan fingerprint density at radius 1 is 1.10 bits per heavy atom. The Morgan fingerprint density at radius 2 is 1.85 bits per heavy atom. The normalized spacial score (nSPS) is 10.3. The molecule has 0 spiro atoms. The van der Waals surface area contributed by atoms with Gasteiger partial charge in [0.05, 0.1) is 5.69 Å². The second kappa shape index (κ2) is 5.56. The van der Waals surface area contributed by atoms with E-state index in [-0.39, 0.29) is 11.5 Å². The summed E-state index contributed by atoms with van der Waals surface area (Å²) in [5, 5.41) is 31.7. The predicted octanol–water partition coefficient (Wildman–Crippen LogP) is 1.88. The summed E-state index contributed by atoms with van der Waals surface area (Å²) >= 11 is 0. The minimum Gasteiger partial charge on any atom is -0.504 e. The zero-order valence-electron chi connectivity index (χ0n) is 11.3. The largest absolute Gasteiger partial charge is 0.504 e. The van der Waals surface area contributed by atoms with Crippen LogP contribution in [0.1, 0.15) is 5.56 Å². The lowest BCUT2D eigenvalue weighted by molar-refractivity contribution is 0.365. The summed E-state index contributed by atoms with van der Waals surface area (Å²) in [5.41, 5.74) is 1.29. The third kappa shape index (κ3) is 2.69. The molecule has 2 rings (SSSR count). The average Bonchev–Trinajstić information content (AvgIpc) is 2.44. The molecule has 0 saturated heterocycles. The second-order valence-corrected chi connectivity index (χ2v) is 4.56. The van der Waals surface area contributed by atoms with Crippen molar-refractivity contribution in [1.82, 2.24) is 4.98 Å². The lowest BCUT2D eigenvalue weighted by Gasteiger charge is -2.17. The number of aromatic nitrogens is 1. The van der Waals surface area contributed by atoms with E-state index < -0.39 is 5.75 Å². The molecule has 0 radical (unpaired) electrons. The van der Waals surface area contributed by atoms with Crippen LogP contribution in [-0.2, 0) is 6.54 Å². The minimum absolute atomic E-state index is 0.298. The van der Waals surface area contributed by atoms with Gasteiger partial charge in [-0.1, -0.05) is 0 Å². The lowest BCUT2D eigenvalue weighted by Crippen LogP contribution is -2.13. The summed E-state index contributed by atoms with van der Waals surface area (Å²) in [7, 11) is 3.77. The van der Waals surface area contributed by atoms with E-state index in [2.05, 4.69) is 10.3 Å². The van der Waals surface area contributed by atoms with Crippen LogP contribution in [0.2, 0.25) is 0 Å². The molecular weight excluding hydrogens is 258 g/mol. The predicted molar refractivity (Wildman–Crippen MR) is 77.3 cm³/mol. The first kappa shape index (κ1) is 13.8. The average molecular weight is 275 g/mol. The molecule has 0 unspecified atom stereocenters. The molecule has 0 aliphatic carbocycles. The minimum atomic E-state index is -0.511. The number of hydrogen-bond donors (Lipinski definition) is 4. The number of hydrogen-bond acceptors (Lipinski definition) is 6. The third-order valence-electron chi connectivity index (χ3n) is 2.89. The van der Waals surface area contributed by atoms with Gasteiger partial charge in [0.15, 0.2) is 17.3 Å². The Hall–Kier alpha value is -2.63. The number of nitrogens with zero attached hydrogens (tertiary/aromatic N) is 2. The summed E-state index contributed by atoms with van der Waals surface area (Å²) in [6.45, 7) is 0.298. The number of pyridine rings is 1. The van der Waals surface area contributed by atoms with Gasteiger partial charge in [0.1, 0.15) is 0 Å². The van der Waals surface area contributed by atoms with Crippen molar-refractivity contribution in [3.8, 4) is 17.2 Å². The molecule has 1 heterocycles. The molecule has 0 atom stereocenters.